The maximum absolute atomic E-state index is 10.4. The van der Waals surface area contributed by atoms with Crippen molar-refractivity contribution < 1.29 is 14.3 Å². The number of hydrogen-bond donors (Lipinski definition) is 0. The van der Waals surface area contributed by atoms with E-state index in [1.807, 2.05) is 6.08 Å². The Labute approximate surface area is 84.7 Å². The SMILES string of the molecule is C=C/C=C(\C=C)COCCOC(C)=O. The van der Waals surface area contributed by atoms with E-state index in [0.717, 1.165) is 5.57 Å². The van der Waals surface area contributed by atoms with Gasteiger partial charge in [-0.1, -0.05) is 31.4 Å². The first-order valence-corrected chi connectivity index (χ1v) is 4.36. The molecule has 0 saturated carbocycles. The molecular formula is C11H16O3. The molecule has 0 aromatic rings. The molecule has 0 saturated heterocycles. The monoisotopic (exact) mass is 196 g/mol. The van der Waals surface area contributed by atoms with E-state index in [-0.39, 0.29) is 12.6 Å². The molecule has 0 aliphatic heterocycles. The maximum atomic E-state index is 10.4. The van der Waals surface area contributed by atoms with Crippen molar-refractivity contribution in [1.29, 1.82) is 0 Å². The maximum Gasteiger partial charge on any atom is 0.302 e. The van der Waals surface area contributed by atoms with Crippen molar-refractivity contribution in [3.63, 3.8) is 0 Å². The number of carbonyl (C=O) groups excluding carboxylic acids is 1. The van der Waals surface area contributed by atoms with Crippen LogP contribution in [0.1, 0.15) is 6.92 Å². The smallest absolute Gasteiger partial charge is 0.302 e. The van der Waals surface area contributed by atoms with Crippen LogP contribution in [-0.4, -0.2) is 25.8 Å². The molecule has 0 N–H and O–H groups in total. The summed E-state index contributed by atoms with van der Waals surface area (Å²) in [6.45, 7) is 9.69. The summed E-state index contributed by atoms with van der Waals surface area (Å²) in [6.07, 6.45) is 5.19. The second-order valence-corrected chi connectivity index (χ2v) is 2.57. The summed E-state index contributed by atoms with van der Waals surface area (Å²) < 4.78 is 9.91. The average Bonchev–Trinajstić information content (AvgIpc) is 2.15. The van der Waals surface area contributed by atoms with Crippen molar-refractivity contribution in [2.24, 2.45) is 0 Å². The van der Waals surface area contributed by atoms with Crippen LogP contribution in [0.3, 0.4) is 0 Å². The van der Waals surface area contributed by atoms with Gasteiger partial charge in [0.1, 0.15) is 6.61 Å². The molecule has 0 aromatic carbocycles. The third kappa shape index (κ3) is 7.31. The van der Waals surface area contributed by atoms with Crippen LogP contribution in [0.15, 0.2) is 37.0 Å². The molecule has 0 aromatic heterocycles. The van der Waals surface area contributed by atoms with Gasteiger partial charge in [-0.3, -0.25) is 4.79 Å². The average molecular weight is 196 g/mol. The van der Waals surface area contributed by atoms with Crippen LogP contribution in [-0.2, 0) is 14.3 Å². The Hall–Kier alpha value is -1.35. The normalized spacial score (nSPS) is 10.8. The third-order valence-corrected chi connectivity index (χ3v) is 1.40. The molecule has 14 heavy (non-hydrogen) atoms. The second-order valence-electron chi connectivity index (χ2n) is 2.57. The molecule has 0 bridgehead atoms. The van der Waals surface area contributed by atoms with Gasteiger partial charge in [-0.15, -0.1) is 0 Å². The Balaban J connectivity index is 3.52. The molecular weight excluding hydrogens is 180 g/mol. The molecule has 78 valence electrons. The van der Waals surface area contributed by atoms with Crippen LogP contribution >= 0.6 is 0 Å². The Bertz CT molecular complexity index is 229. The number of rotatable bonds is 7. The summed E-state index contributed by atoms with van der Waals surface area (Å²) in [7, 11) is 0. The van der Waals surface area contributed by atoms with Crippen molar-refractivity contribution in [3.05, 3.63) is 37.0 Å². The summed E-state index contributed by atoms with van der Waals surface area (Å²) >= 11 is 0. The third-order valence-electron chi connectivity index (χ3n) is 1.40. The zero-order valence-electron chi connectivity index (χ0n) is 8.49. The van der Waals surface area contributed by atoms with Gasteiger partial charge in [0.25, 0.3) is 0 Å². The van der Waals surface area contributed by atoms with Gasteiger partial charge in [-0.2, -0.15) is 0 Å². The van der Waals surface area contributed by atoms with Crippen LogP contribution in [0, 0.1) is 0 Å². The fraction of sp³-hybridized carbons (Fsp3) is 0.364. The minimum absolute atomic E-state index is 0.286. The van der Waals surface area contributed by atoms with E-state index in [1.54, 1.807) is 12.2 Å². The van der Waals surface area contributed by atoms with Crippen molar-refractivity contribution in [3.8, 4) is 0 Å². The Kier molecular flexibility index (Phi) is 7.46. The van der Waals surface area contributed by atoms with Crippen LogP contribution < -0.4 is 0 Å². The lowest BCUT2D eigenvalue weighted by molar-refractivity contribution is -0.142. The molecule has 0 aliphatic carbocycles. The van der Waals surface area contributed by atoms with Crippen molar-refractivity contribution in [2.45, 2.75) is 6.92 Å². The second kappa shape index (κ2) is 8.26. The number of allylic oxidation sites excluding steroid dienone is 2. The fourth-order valence-electron chi connectivity index (χ4n) is 0.761. The van der Waals surface area contributed by atoms with E-state index >= 15 is 0 Å². The first-order chi connectivity index (χ1) is 6.70. The zero-order valence-corrected chi connectivity index (χ0v) is 8.49. The molecule has 0 unspecified atom stereocenters. The molecule has 0 amide bonds. The summed E-state index contributed by atoms with van der Waals surface area (Å²) in [6, 6.07) is 0. The van der Waals surface area contributed by atoms with E-state index in [2.05, 4.69) is 17.9 Å². The van der Waals surface area contributed by atoms with Gasteiger partial charge < -0.3 is 9.47 Å². The van der Waals surface area contributed by atoms with E-state index in [1.165, 1.54) is 6.92 Å². The molecule has 0 atom stereocenters. The van der Waals surface area contributed by atoms with Gasteiger partial charge in [0.2, 0.25) is 0 Å². The molecule has 0 rings (SSSR count). The van der Waals surface area contributed by atoms with Gasteiger partial charge in [0.05, 0.1) is 13.2 Å². The largest absolute Gasteiger partial charge is 0.463 e. The van der Waals surface area contributed by atoms with E-state index < -0.39 is 0 Å². The van der Waals surface area contributed by atoms with Crippen molar-refractivity contribution >= 4 is 5.97 Å². The first-order valence-electron chi connectivity index (χ1n) is 4.36. The van der Waals surface area contributed by atoms with Crippen molar-refractivity contribution in [1.82, 2.24) is 0 Å². The highest BCUT2D eigenvalue weighted by atomic mass is 16.6. The number of ether oxygens (including phenoxy) is 2. The van der Waals surface area contributed by atoms with Gasteiger partial charge in [0, 0.05) is 6.92 Å². The van der Waals surface area contributed by atoms with E-state index in [9.17, 15) is 4.79 Å². The minimum Gasteiger partial charge on any atom is -0.463 e. The summed E-state index contributed by atoms with van der Waals surface area (Å²) in [5.74, 6) is -0.292. The first kappa shape index (κ1) is 12.7. The molecule has 0 heterocycles. The zero-order chi connectivity index (χ0) is 10.8. The highest BCUT2D eigenvalue weighted by molar-refractivity contribution is 5.65. The van der Waals surface area contributed by atoms with Crippen LogP contribution in [0.2, 0.25) is 0 Å². The molecule has 0 aliphatic rings. The lowest BCUT2D eigenvalue weighted by Gasteiger charge is -2.04. The number of hydrogen-bond acceptors (Lipinski definition) is 3. The minimum atomic E-state index is -0.292. The highest BCUT2D eigenvalue weighted by Gasteiger charge is 1.94. The topological polar surface area (TPSA) is 35.5 Å². The van der Waals surface area contributed by atoms with Gasteiger partial charge in [-0.25, -0.2) is 0 Å². The van der Waals surface area contributed by atoms with Gasteiger partial charge >= 0.3 is 5.97 Å². The Morgan fingerprint density at radius 2 is 2.07 bits per heavy atom. The molecule has 3 heteroatoms. The molecule has 0 radical (unpaired) electrons. The van der Waals surface area contributed by atoms with Crippen LogP contribution in [0.25, 0.3) is 0 Å². The summed E-state index contributed by atoms with van der Waals surface area (Å²) in [4.78, 5) is 10.4. The van der Waals surface area contributed by atoms with Crippen LogP contribution in [0.4, 0.5) is 0 Å². The quantitative estimate of drug-likeness (QED) is 0.354. The van der Waals surface area contributed by atoms with Gasteiger partial charge in [0.15, 0.2) is 0 Å². The number of carbonyl (C=O) groups is 1. The Morgan fingerprint density at radius 1 is 1.36 bits per heavy atom. The van der Waals surface area contributed by atoms with E-state index in [4.69, 9.17) is 4.74 Å². The lowest BCUT2D eigenvalue weighted by Crippen LogP contribution is -2.08. The Morgan fingerprint density at radius 3 is 2.57 bits per heavy atom. The predicted molar refractivity (Wildman–Crippen MR) is 55.9 cm³/mol. The molecule has 3 nitrogen and oxygen atoms in total. The molecule has 0 fully saturated rings. The highest BCUT2D eigenvalue weighted by Crippen LogP contribution is 1.96. The standard InChI is InChI=1S/C11H16O3/c1-4-6-11(5-2)9-13-7-8-14-10(3)12/h4-6H,1-2,7-9H2,3H3/b11-6+. The van der Waals surface area contributed by atoms with Crippen molar-refractivity contribution in [2.75, 3.05) is 19.8 Å². The van der Waals surface area contributed by atoms with E-state index in [0.29, 0.717) is 13.2 Å². The predicted octanol–water partition coefficient (Wildman–Crippen LogP) is 1.86. The van der Waals surface area contributed by atoms with Gasteiger partial charge in [-0.05, 0) is 5.57 Å². The fourth-order valence-corrected chi connectivity index (χ4v) is 0.761. The van der Waals surface area contributed by atoms with Crippen LogP contribution in [0.5, 0.6) is 0 Å². The lowest BCUT2D eigenvalue weighted by atomic mass is 10.2. The number of esters is 1. The molecule has 0 spiro atoms. The summed E-state index contributed by atoms with van der Waals surface area (Å²) in [5, 5.41) is 0. The summed E-state index contributed by atoms with van der Waals surface area (Å²) in [5.41, 5.74) is 0.947.